The van der Waals surface area contributed by atoms with Crippen molar-refractivity contribution in [2.24, 2.45) is 0 Å². The van der Waals surface area contributed by atoms with Crippen LogP contribution in [0.5, 0.6) is 0 Å². The van der Waals surface area contributed by atoms with Crippen LogP contribution in [0.4, 0.5) is 65.9 Å². The van der Waals surface area contributed by atoms with Crippen LogP contribution in [0.1, 0.15) is 12.8 Å². The summed E-state index contributed by atoms with van der Waals surface area (Å²) in [4.78, 5) is 0. The van der Waals surface area contributed by atoms with E-state index in [0.29, 0.717) is 0 Å². The first-order valence-electron chi connectivity index (χ1n) is 7.88. The summed E-state index contributed by atoms with van der Waals surface area (Å²) in [5.74, 6) is -46.4. The predicted molar refractivity (Wildman–Crippen MR) is 76.6 cm³/mol. The van der Waals surface area contributed by atoms with Gasteiger partial charge in [-0.25, -0.2) is 0 Å². The lowest BCUT2D eigenvalue weighted by atomic mass is 9.90. The van der Waals surface area contributed by atoms with Gasteiger partial charge < -0.3 is 13.3 Å². The summed E-state index contributed by atoms with van der Waals surface area (Å²) < 4.78 is 210. The molecule has 0 atom stereocenters. The fourth-order valence-electron chi connectivity index (χ4n) is 2.24. The number of rotatable bonds is 12. The normalized spacial score (nSPS) is 15.9. The van der Waals surface area contributed by atoms with Crippen LogP contribution >= 0.6 is 0 Å². The van der Waals surface area contributed by atoms with Crippen LogP contribution in [0.3, 0.4) is 0 Å². The fraction of sp³-hybridized carbons (Fsp3) is 1.00. The van der Waals surface area contributed by atoms with E-state index in [1.54, 1.807) is 0 Å². The van der Waals surface area contributed by atoms with Gasteiger partial charge in [-0.2, -0.15) is 65.9 Å². The number of halogens is 15. The van der Waals surface area contributed by atoms with Gasteiger partial charge in [-0.1, -0.05) is 0 Å². The van der Waals surface area contributed by atoms with Gasteiger partial charge in [-0.3, -0.25) is 0 Å². The summed E-state index contributed by atoms with van der Waals surface area (Å²) in [6.07, 6.45) is -11.4. The van der Waals surface area contributed by atoms with Gasteiger partial charge in [0, 0.05) is 33.8 Å². The average molecular weight is 532 g/mol. The number of hydrogen-bond donors (Lipinski definition) is 0. The molecular weight excluding hydrogens is 517 g/mol. The van der Waals surface area contributed by atoms with E-state index in [9.17, 15) is 65.9 Å². The molecule has 0 radical (unpaired) electrons. The second-order valence-electron chi connectivity index (χ2n) is 6.22. The second-order valence-corrected chi connectivity index (χ2v) is 9.31. The summed E-state index contributed by atoms with van der Waals surface area (Å²) in [6.45, 7) is 0. The van der Waals surface area contributed by atoms with Crippen LogP contribution in [0, 0.1) is 0 Å². The van der Waals surface area contributed by atoms with E-state index < -0.39 is 69.4 Å². The predicted octanol–water partition coefficient (Wildman–Crippen LogP) is 6.02. The molecular formula is C13H15F15O3Si. The van der Waals surface area contributed by atoms with Crippen LogP contribution in [-0.2, 0) is 13.3 Å². The molecule has 0 heterocycles. The molecule has 0 aliphatic rings. The molecule has 0 saturated carbocycles. The minimum atomic E-state index is -8.28. The van der Waals surface area contributed by atoms with Gasteiger partial charge in [-0.05, 0) is 6.42 Å². The van der Waals surface area contributed by atoms with Crippen LogP contribution in [0.15, 0.2) is 0 Å². The quantitative estimate of drug-likeness (QED) is 0.228. The maximum atomic E-state index is 13.7. The fourth-order valence-corrected chi connectivity index (χ4v) is 3.96. The maximum absolute atomic E-state index is 13.7. The highest BCUT2D eigenvalue weighted by molar-refractivity contribution is 6.60. The molecule has 0 rings (SSSR count). The molecule has 0 aromatic carbocycles. The number of alkyl halides is 15. The van der Waals surface area contributed by atoms with Crippen LogP contribution < -0.4 is 0 Å². The monoisotopic (exact) mass is 532 g/mol. The van der Waals surface area contributed by atoms with Crippen LogP contribution in [0.25, 0.3) is 0 Å². The average Bonchev–Trinajstić information content (AvgIpc) is 2.63. The van der Waals surface area contributed by atoms with E-state index in [-0.39, 0.29) is 0 Å². The highest BCUT2D eigenvalue weighted by atomic mass is 28.4. The molecule has 0 aromatic heterocycles. The van der Waals surface area contributed by atoms with Gasteiger partial charge in [0.25, 0.3) is 0 Å². The zero-order valence-corrected chi connectivity index (χ0v) is 17.0. The lowest BCUT2D eigenvalue weighted by molar-refractivity contribution is -0.452. The highest BCUT2D eigenvalue weighted by Gasteiger charge is 2.93. The largest absolute Gasteiger partial charge is 0.500 e. The van der Waals surface area contributed by atoms with Crippen molar-refractivity contribution in [3.8, 4) is 0 Å². The van der Waals surface area contributed by atoms with Crippen molar-refractivity contribution in [3.05, 3.63) is 0 Å². The lowest BCUT2D eigenvalue weighted by Gasteiger charge is -2.41. The van der Waals surface area contributed by atoms with E-state index in [4.69, 9.17) is 0 Å². The molecule has 0 bridgehead atoms. The zero-order valence-electron chi connectivity index (χ0n) is 16.0. The van der Waals surface area contributed by atoms with Crippen molar-refractivity contribution in [2.75, 3.05) is 21.3 Å². The Labute approximate surface area is 171 Å². The molecule has 0 amide bonds. The third kappa shape index (κ3) is 4.66. The lowest BCUT2D eigenvalue weighted by Crippen LogP contribution is -2.72. The molecule has 3 nitrogen and oxygen atoms in total. The van der Waals surface area contributed by atoms with E-state index >= 15 is 0 Å². The van der Waals surface area contributed by atoms with E-state index in [0.717, 1.165) is 21.3 Å². The van der Waals surface area contributed by atoms with Gasteiger partial charge in [0.2, 0.25) is 0 Å². The van der Waals surface area contributed by atoms with Crippen LogP contribution in [0.2, 0.25) is 6.04 Å². The molecule has 0 spiro atoms. The van der Waals surface area contributed by atoms with Gasteiger partial charge in [0.1, 0.15) is 0 Å². The van der Waals surface area contributed by atoms with Gasteiger partial charge in [0.15, 0.2) is 0 Å². The molecule has 0 aliphatic heterocycles. The SMILES string of the molecule is CO[Si](CCCC(F)(F)C(F)(F)C(F)(F)C(F)(F)C(F)(F)C(F)(F)C(F)(F)F)(OC)OC. The molecule has 194 valence electrons. The Kier molecular flexibility index (Phi) is 8.74. The van der Waals surface area contributed by atoms with Crippen molar-refractivity contribution in [1.82, 2.24) is 0 Å². The Morgan fingerprint density at radius 2 is 0.812 bits per heavy atom. The van der Waals surface area contributed by atoms with Gasteiger partial charge >= 0.3 is 50.5 Å². The zero-order chi connectivity index (χ0) is 26.2. The molecule has 0 fully saturated rings. The standard InChI is InChI=1S/C13H15F15O3Si/c1-29-32(30-2,31-3)6-4-5-7(14,15)8(16,17)9(18,19)10(20,21)11(22,23)12(24,25)13(26,27)28/h4-6H2,1-3H3. The molecule has 0 N–H and O–H groups in total. The Bertz CT molecular complexity index is 622. The Morgan fingerprint density at radius 3 is 1.12 bits per heavy atom. The number of hydrogen-bond acceptors (Lipinski definition) is 3. The molecule has 0 saturated heterocycles. The Morgan fingerprint density at radius 1 is 0.500 bits per heavy atom. The van der Waals surface area contributed by atoms with Crippen molar-refractivity contribution < 1.29 is 79.1 Å². The maximum Gasteiger partial charge on any atom is 0.500 e. The van der Waals surface area contributed by atoms with Crippen molar-refractivity contribution in [2.45, 2.75) is 60.6 Å². The van der Waals surface area contributed by atoms with E-state index in [1.807, 2.05) is 0 Å². The summed E-state index contributed by atoms with van der Waals surface area (Å²) in [5.41, 5.74) is 0. The summed E-state index contributed by atoms with van der Waals surface area (Å²) >= 11 is 0. The van der Waals surface area contributed by atoms with Crippen LogP contribution in [-0.4, -0.2) is 71.8 Å². The second kappa shape index (κ2) is 9.01. The minimum absolute atomic E-state index is 0.813. The van der Waals surface area contributed by atoms with E-state index in [2.05, 4.69) is 13.3 Å². The molecule has 0 unspecified atom stereocenters. The smallest absolute Gasteiger partial charge is 0.377 e. The topological polar surface area (TPSA) is 27.7 Å². The summed E-state index contributed by atoms with van der Waals surface area (Å²) in [5, 5.41) is 0. The molecule has 0 aliphatic carbocycles. The third-order valence-electron chi connectivity index (χ3n) is 4.30. The Hall–Kier alpha value is -0.953. The minimum Gasteiger partial charge on any atom is -0.377 e. The first-order valence-corrected chi connectivity index (χ1v) is 9.81. The molecule has 19 heteroatoms. The van der Waals surface area contributed by atoms with Gasteiger partial charge in [0.05, 0.1) is 0 Å². The first-order chi connectivity index (χ1) is 13.9. The van der Waals surface area contributed by atoms with Crippen molar-refractivity contribution in [1.29, 1.82) is 0 Å². The summed E-state index contributed by atoms with van der Waals surface area (Å²) in [6, 6.07) is -0.813. The van der Waals surface area contributed by atoms with Crippen molar-refractivity contribution >= 4 is 8.80 Å². The first kappa shape index (κ1) is 31.0. The summed E-state index contributed by atoms with van der Waals surface area (Å²) in [7, 11) is -1.07. The molecule has 32 heavy (non-hydrogen) atoms. The van der Waals surface area contributed by atoms with E-state index in [1.165, 1.54) is 0 Å². The Balaban J connectivity index is 6.10. The molecule has 0 aromatic rings. The van der Waals surface area contributed by atoms with Gasteiger partial charge in [-0.15, -0.1) is 0 Å². The third-order valence-corrected chi connectivity index (χ3v) is 7.13. The van der Waals surface area contributed by atoms with Crippen molar-refractivity contribution in [3.63, 3.8) is 0 Å². The highest BCUT2D eigenvalue weighted by Crippen LogP contribution is 2.62.